The van der Waals surface area contributed by atoms with Crippen LogP contribution in [0.15, 0.2) is 48.5 Å². The number of aryl methyl sites for hydroxylation is 1. The van der Waals surface area contributed by atoms with Gasteiger partial charge in [-0.2, -0.15) is 0 Å². The second-order valence-electron chi connectivity index (χ2n) is 7.71. The molecule has 2 aliphatic rings. The highest BCUT2D eigenvalue weighted by atomic mass is 16.2. The zero-order valence-corrected chi connectivity index (χ0v) is 15.5. The quantitative estimate of drug-likeness (QED) is 0.778. The molecule has 4 rings (SSSR count). The molecule has 2 fully saturated rings. The molecular weight excluding hydrogens is 338 g/mol. The summed E-state index contributed by atoms with van der Waals surface area (Å²) in [7, 11) is 0. The standard InChI is InChI=1S/C22H25N3O2/c1-15-7-8-16(20(26)24-17-5-3-2-4-6-17)13-19(15)25-21(27)18-14-22(18)9-11-23-12-10-22/h2-8,13,18,23H,9-12,14H2,1H3,(H,24,26)(H,25,27). The zero-order valence-electron chi connectivity index (χ0n) is 15.5. The van der Waals surface area contributed by atoms with Crippen molar-refractivity contribution in [2.75, 3.05) is 23.7 Å². The van der Waals surface area contributed by atoms with Crippen LogP contribution >= 0.6 is 0 Å². The number of carbonyl (C=O) groups excluding carboxylic acids is 2. The van der Waals surface area contributed by atoms with Gasteiger partial charge >= 0.3 is 0 Å². The van der Waals surface area contributed by atoms with Gasteiger partial charge in [0, 0.05) is 22.9 Å². The van der Waals surface area contributed by atoms with Crippen LogP contribution in [0.1, 0.15) is 35.2 Å². The van der Waals surface area contributed by atoms with Crippen molar-refractivity contribution in [1.82, 2.24) is 5.32 Å². The van der Waals surface area contributed by atoms with E-state index in [-0.39, 0.29) is 23.1 Å². The van der Waals surface area contributed by atoms with Crippen LogP contribution < -0.4 is 16.0 Å². The normalized spacial score (nSPS) is 20.1. The van der Waals surface area contributed by atoms with E-state index in [0.717, 1.165) is 49.3 Å². The first-order valence-electron chi connectivity index (χ1n) is 9.56. The molecule has 1 saturated carbocycles. The highest BCUT2D eigenvalue weighted by Gasteiger charge is 2.57. The number of rotatable bonds is 4. The second-order valence-corrected chi connectivity index (χ2v) is 7.71. The monoisotopic (exact) mass is 363 g/mol. The average molecular weight is 363 g/mol. The molecule has 0 bridgehead atoms. The van der Waals surface area contributed by atoms with Gasteiger partial charge in [0.2, 0.25) is 5.91 Å². The fraction of sp³-hybridized carbons (Fsp3) is 0.364. The molecule has 1 aliphatic heterocycles. The van der Waals surface area contributed by atoms with Crippen LogP contribution in [-0.2, 0) is 4.79 Å². The topological polar surface area (TPSA) is 70.2 Å². The number of hydrogen-bond acceptors (Lipinski definition) is 3. The Morgan fingerprint density at radius 3 is 2.52 bits per heavy atom. The van der Waals surface area contributed by atoms with Crippen molar-refractivity contribution >= 4 is 23.2 Å². The molecular formula is C22H25N3O2. The van der Waals surface area contributed by atoms with Crippen molar-refractivity contribution in [2.24, 2.45) is 11.3 Å². The molecule has 3 N–H and O–H groups in total. The van der Waals surface area contributed by atoms with Crippen LogP contribution in [0.4, 0.5) is 11.4 Å². The Morgan fingerprint density at radius 2 is 1.78 bits per heavy atom. The Kier molecular flexibility index (Phi) is 4.70. The third kappa shape index (κ3) is 3.74. The number of piperidine rings is 1. The molecule has 1 heterocycles. The summed E-state index contributed by atoms with van der Waals surface area (Å²) < 4.78 is 0. The first-order valence-corrected chi connectivity index (χ1v) is 9.56. The number of carbonyl (C=O) groups is 2. The molecule has 2 aromatic carbocycles. The van der Waals surface area contributed by atoms with Crippen LogP contribution in [0.2, 0.25) is 0 Å². The molecule has 2 amide bonds. The van der Waals surface area contributed by atoms with E-state index in [0.29, 0.717) is 5.56 Å². The van der Waals surface area contributed by atoms with Gasteiger partial charge in [-0.25, -0.2) is 0 Å². The Bertz CT molecular complexity index is 857. The van der Waals surface area contributed by atoms with Gasteiger partial charge in [0.05, 0.1) is 0 Å². The number of anilines is 2. The van der Waals surface area contributed by atoms with E-state index in [1.807, 2.05) is 43.3 Å². The van der Waals surface area contributed by atoms with Gasteiger partial charge in [0.15, 0.2) is 0 Å². The summed E-state index contributed by atoms with van der Waals surface area (Å²) in [6, 6.07) is 14.8. The van der Waals surface area contributed by atoms with E-state index in [2.05, 4.69) is 16.0 Å². The summed E-state index contributed by atoms with van der Waals surface area (Å²) in [6.07, 6.45) is 3.13. The summed E-state index contributed by atoms with van der Waals surface area (Å²) in [5.41, 5.74) is 3.16. The molecule has 140 valence electrons. The summed E-state index contributed by atoms with van der Waals surface area (Å²) in [6.45, 7) is 3.94. The fourth-order valence-electron chi connectivity index (χ4n) is 4.04. The minimum Gasteiger partial charge on any atom is -0.326 e. The van der Waals surface area contributed by atoms with E-state index in [9.17, 15) is 9.59 Å². The maximum absolute atomic E-state index is 12.7. The molecule has 5 nitrogen and oxygen atoms in total. The predicted molar refractivity (Wildman–Crippen MR) is 107 cm³/mol. The van der Waals surface area contributed by atoms with Crippen LogP contribution in [0.25, 0.3) is 0 Å². The number of hydrogen-bond donors (Lipinski definition) is 3. The van der Waals surface area contributed by atoms with Gasteiger partial charge in [-0.3, -0.25) is 9.59 Å². The molecule has 27 heavy (non-hydrogen) atoms. The van der Waals surface area contributed by atoms with E-state index >= 15 is 0 Å². The highest BCUT2D eigenvalue weighted by Crippen LogP contribution is 2.58. The van der Waals surface area contributed by atoms with Crippen molar-refractivity contribution in [2.45, 2.75) is 26.2 Å². The lowest BCUT2D eigenvalue weighted by Gasteiger charge is -2.23. The van der Waals surface area contributed by atoms with Gasteiger partial charge in [-0.05, 0) is 74.5 Å². The molecule has 1 aliphatic carbocycles. The molecule has 1 unspecified atom stereocenters. The third-order valence-corrected chi connectivity index (χ3v) is 5.89. The Balaban J connectivity index is 1.45. The van der Waals surface area contributed by atoms with Crippen LogP contribution in [0, 0.1) is 18.3 Å². The van der Waals surface area contributed by atoms with Gasteiger partial charge in [-0.1, -0.05) is 24.3 Å². The van der Waals surface area contributed by atoms with E-state index in [4.69, 9.17) is 0 Å². The van der Waals surface area contributed by atoms with Gasteiger partial charge in [0.25, 0.3) is 5.91 Å². The van der Waals surface area contributed by atoms with Crippen molar-refractivity contribution < 1.29 is 9.59 Å². The number of para-hydroxylation sites is 1. The largest absolute Gasteiger partial charge is 0.326 e. The summed E-state index contributed by atoms with van der Waals surface area (Å²) in [5, 5.41) is 9.31. The summed E-state index contributed by atoms with van der Waals surface area (Å²) in [5.74, 6) is -0.000588. The van der Waals surface area contributed by atoms with Gasteiger partial charge < -0.3 is 16.0 Å². The molecule has 0 aromatic heterocycles. The third-order valence-electron chi connectivity index (χ3n) is 5.89. The molecule has 1 spiro atoms. The van der Waals surface area contributed by atoms with Gasteiger partial charge in [-0.15, -0.1) is 0 Å². The van der Waals surface area contributed by atoms with Crippen molar-refractivity contribution in [3.05, 3.63) is 59.7 Å². The lowest BCUT2D eigenvalue weighted by molar-refractivity contribution is -0.118. The molecule has 0 radical (unpaired) electrons. The minimum atomic E-state index is -0.182. The smallest absolute Gasteiger partial charge is 0.255 e. The predicted octanol–water partition coefficient (Wildman–Crippen LogP) is 3.58. The molecule has 1 saturated heterocycles. The first-order chi connectivity index (χ1) is 13.1. The lowest BCUT2D eigenvalue weighted by atomic mass is 9.91. The number of benzene rings is 2. The van der Waals surface area contributed by atoms with E-state index in [1.54, 1.807) is 12.1 Å². The number of amides is 2. The Hall–Kier alpha value is -2.66. The first kappa shape index (κ1) is 17.7. The van der Waals surface area contributed by atoms with Crippen molar-refractivity contribution in [3.8, 4) is 0 Å². The van der Waals surface area contributed by atoms with Crippen LogP contribution in [0.5, 0.6) is 0 Å². The average Bonchev–Trinajstić information content (AvgIpc) is 3.37. The van der Waals surface area contributed by atoms with Crippen LogP contribution in [0.3, 0.4) is 0 Å². The maximum atomic E-state index is 12.7. The van der Waals surface area contributed by atoms with Crippen LogP contribution in [-0.4, -0.2) is 24.9 Å². The van der Waals surface area contributed by atoms with Gasteiger partial charge in [0.1, 0.15) is 0 Å². The van der Waals surface area contributed by atoms with Crippen molar-refractivity contribution in [3.63, 3.8) is 0 Å². The summed E-state index contributed by atoms with van der Waals surface area (Å²) >= 11 is 0. The second kappa shape index (κ2) is 7.16. The molecule has 2 aromatic rings. The highest BCUT2D eigenvalue weighted by molar-refractivity contribution is 6.05. The fourth-order valence-corrected chi connectivity index (χ4v) is 4.04. The SMILES string of the molecule is Cc1ccc(C(=O)Nc2ccccc2)cc1NC(=O)C1CC12CCNCC2. The molecule has 1 atom stereocenters. The zero-order chi connectivity index (χ0) is 18.9. The Morgan fingerprint density at radius 1 is 1.04 bits per heavy atom. The lowest BCUT2D eigenvalue weighted by Crippen LogP contribution is -2.31. The summed E-state index contributed by atoms with van der Waals surface area (Å²) in [4.78, 5) is 25.3. The van der Waals surface area contributed by atoms with Crippen molar-refractivity contribution in [1.29, 1.82) is 0 Å². The Labute approximate surface area is 159 Å². The minimum absolute atomic E-state index is 0.0839. The van der Waals surface area contributed by atoms with E-state index in [1.165, 1.54) is 0 Å². The number of nitrogens with one attached hydrogen (secondary N) is 3. The molecule has 5 heteroatoms. The van der Waals surface area contributed by atoms with E-state index < -0.39 is 0 Å². The maximum Gasteiger partial charge on any atom is 0.255 e.